The van der Waals surface area contributed by atoms with Crippen molar-refractivity contribution in [1.82, 2.24) is 0 Å². The Morgan fingerprint density at radius 2 is 1.29 bits per heavy atom. The van der Waals surface area contributed by atoms with Crippen LogP contribution in [0.5, 0.6) is 0 Å². The van der Waals surface area contributed by atoms with E-state index in [2.05, 4.69) is 33.0 Å². The number of carbonyl (C=O) groups excluding carboxylic acids is 1. The molecule has 0 aliphatic rings. The van der Waals surface area contributed by atoms with Crippen LogP contribution in [0.2, 0.25) is 0 Å². The van der Waals surface area contributed by atoms with E-state index < -0.39 is 6.04 Å². The standard InChI is InChI=1S/C10H24P2.C8H17N2O.Ni/c1-5-11(6-2)9-10-12(7-3)8-4;1-4-5-10-8(11)7(9)6(2)3;/h5-10H2,1-4H3;6-7,9H,4-5H2,1-3H3,(H,10,11);/q;-1;+2/p+1. The van der Waals surface area contributed by atoms with Crippen LogP contribution >= 0.6 is 15.8 Å². The number of amides is 1. The quantitative estimate of drug-likeness (QED) is 0.303. The molecule has 0 saturated heterocycles. The summed E-state index contributed by atoms with van der Waals surface area (Å²) in [7, 11) is 0.175. The molecule has 0 fully saturated rings. The summed E-state index contributed by atoms with van der Waals surface area (Å²) >= 11 is 0. The third kappa shape index (κ3) is 16.3. The van der Waals surface area contributed by atoms with Gasteiger partial charge in [-0.25, -0.2) is 0 Å². The van der Waals surface area contributed by atoms with Gasteiger partial charge in [-0.3, -0.25) is 0 Å². The summed E-state index contributed by atoms with van der Waals surface area (Å²) in [6, 6.07) is -0.665. The van der Waals surface area contributed by atoms with Gasteiger partial charge in [0.25, 0.3) is 0 Å². The second-order valence-electron chi connectivity index (χ2n) is 6.36. The fourth-order valence-corrected chi connectivity index (χ4v) is 7.41. The van der Waals surface area contributed by atoms with Crippen molar-refractivity contribution < 1.29 is 21.3 Å². The number of hydrogen-bond donors (Lipinski definition) is 0. The summed E-state index contributed by atoms with van der Waals surface area (Å²) in [6.45, 7) is 15.7. The van der Waals surface area contributed by atoms with Crippen molar-refractivity contribution in [3.05, 3.63) is 11.1 Å². The molecule has 1 unspecified atom stereocenters. The predicted molar refractivity (Wildman–Crippen MR) is 115 cm³/mol. The maximum Gasteiger partial charge on any atom is 2.00 e. The molecule has 1 N–H and O–H groups in total. The molecular formula is C18H42N2NiOP2+2. The van der Waals surface area contributed by atoms with Crippen LogP contribution in [0.3, 0.4) is 0 Å². The molecule has 1 amide bonds. The van der Waals surface area contributed by atoms with Crippen LogP contribution in [0, 0.1) is 5.92 Å². The molecule has 0 aromatic heterocycles. The first-order valence-corrected chi connectivity index (χ1v) is 13.7. The number of nitrogens with zero attached hydrogens (tertiary/aromatic N) is 1. The van der Waals surface area contributed by atoms with Gasteiger partial charge in [0.2, 0.25) is 0 Å². The number of hydrogen-bond acceptors (Lipinski definition) is 1. The Labute approximate surface area is 164 Å². The molecule has 24 heavy (non-hydrogen) atoms. The summed E-state index contributed by atoms with van der Waals surface area (Å²) < 4.78 is 0. The smallest absolute Gasteiger partial charge is 0.670 e. The normalized spacial score (nSPS) is 11.8. The number of nitrogens with one attached hydrogen (secondary N) is 1. The van der Waals surface area contributed by atoms with Crippen molar-refractivity contribution in [3.8, 4) is 0 Å². The van der Waals surface area contributed by atoms with E-state index in [0.717, 1.165) is 6.42 Å². The molecule has 0 rings (SSSR count). The minimum absolute atomic E-state index is 0. The van der Waals surface area contributed by atoms with Gasteiger partial charge in [0.15, 0.2) is 0 Å². The van der Waals surface area contributed by atoms with Crippen LogP contribution in [0.1, 0.15) is 54.9 Å². The summed E-state index contributed by atoms with van der Waals surface area (Å²) in [5.74, 6) is -0.204. The minimum Gasteiger partial charge on any atom is -0.670 e. The second-order valence-corrected chi connectivity index (χ2v) is 13.2. The monoisotopic (exact) mass is 422 g/mol. The van der Waals surface area contributed by atoms with Crippen molar-refractivity contribution in [1.29, 1.82) is 0 Å². The first kappa shape index (κ1) is 29.5. The molecule has 0 heterocycles. The molecule has 0 aromatic rings. The molecule has 6 heteroatoms. The second kappa shape index (κ2) is 20.1. The molecule has 3 nitrogen and oxygen atoms in total. The minimum atomic E-state index is -0.665. The Balaban J connectivity index is -0.000000354. The van der Waals surface area contributed by atoms with Crippen LogP contribution in [-0.2, 0) is 21.3 Å². The third-order valence-corrected chi connectivity index (χ3v) is 10.7. The molecule has 0 bridgehead atoms. The van der Waals surface area contributed by atoms with Crippen molar-refractivity contribution >= 4 is 21.8 Å². The van der Waals surface area contributed by atoms with Gasteiger partial charge < -0.3 is 15.8 Å². The molecule has 0 aromatic carbocycles. The van der Waals surface area contributed by atoms with Crippen molar-refractivity contribution in [3.63, 3.8) is 0 Å². The van der Waals surface area contributed by atoms with Gasteiger partial charge in [0.1, 0.15) is 0 Å². The van der Waals surface area contributed by atoms with Crippen molar-refractivity contribution in [2.45, 2.75) is 60.9 Å². The fourth-order valence-electron chi connectivity index (χ4n) is 2.17. The van der Waals surface area contributed by atoms with E-state index in [1.54, 1.807) is 12.3 Å². The molecule has 0 saturated carbocycles. The Morgan fingerprint density at radius 3 is 1.54 bits per heavy atom. The van der Waals surface area contributed by atoms with Gasteiger partial charge in [-0.1, -0.05) is 39.2 Å². The van der Waals surface area contributed by atoms with E-state index in [-0.39, 0.29) is 44.2 Å². The first-order valence-electron chi connectivity index (χ1n) is 9.47. The van der Waals surface area contributed by atoms with Gasteiger partial charge >= 0.3 is 16.5 Å². The molecule has 0 aliphatic carbocycles. The van der Waals surface area contributed by atoms with Crippen LogP contribution < -0.4 is 0 Å². The zero-order chi connectivity index (χ0) is 18.3. The zero-order valence-corrected chi connectivity index (χ0v) is 20.0. The molecule has 148 valence electrons. The average molecular weight is 423 g/mol. The number of carbonyl (C=O) groups is 1. The Morgan fingerprint density at radius 1 is 0.917 bits per heavy atom. The summed E-state index contributed by atoms with van der Waals surface area (Å²) in [5.41, 5.74) is 7.37. The van der Waals surface area contributed by atoms with E-state index in [1.807, 2.05) is 20.8 Å². The summed E-state index contributed by atoms with van der Waals surface area (Å²) in [5, 5.41) is 3.74. The van der Waals surface area contributed by atoms with Gasteiger partial charge in [-0.05, 0) is 27.7 Å². The Hall–Kier alpha value is 0.784. The number of rotatable bonds is 11. The maximum absolute atomic E-state index is 11.0. The average Bonchev–Trinajstić information content (AvgIpc) is 2.56. The first-order chi connectivity index (χ1) is 10.9. The fraction of sp³-hybridized carbons (Fsp3) is 0.944. The molecule has 0 radical (unpaired) electrons. The van der Waals surface area contributed by atoms with E-state index in [0.29, 0.717) is 6.54 Å². The molecule has 0 aliphatic heterocycles. The van der Waals surface area contributed by atoms with Gasteiger partial charge in [-0.15, -0.1) is 6.54 Å². The third-order valence-electron chi connectivity index (χ3n) is 4.26. The Kier molecular flexibility index (Phi) is 24.7. The van der Waals surface area contributed by atoms with Crippen molar-refractivity contribution in [2.75, 3.05) is 43.5 Å². The van der Waals surface area contributed by atoms with Gasteiger partial charge in [-0.2, -0.15) is 0 Å². The molecule has 1 atom stereocenters. The van der Waals surface area contributed by atoms with Crippen molar-refractivity contribution in [2.24, 2.45) is 5.92 Å². The zero-order valence-electron chi connectivity index (χ0n) is 17.0. The maximum atomic E-state index is 11.0. The van der Waals surface area contributed by atoms with E-state index >= 15 is 0 Å². The van der Waals surface area contributed by atoms with E-state index in [9.17, 15) is 4.79 Å². The van der Waals surface area contributed by atoms with Gasteiger partial charge in [0.05, 0.1) is 37.0 Å². The predicted octanol–water partition coefficient (Wildman–Crippen LogP) is 5.87. The Bertz CT molecular complexity index is 262. The largest absolute Gasteiger partial charge is 2.00 e. The SMILES string of the molecule is CCC[N-]C(=O)C([NH-])C(C)C.CC[PH+](CC)CC[PH+](CC)CC.[Ni+2]. The van der Waals surface area contributed by atoms with Crippen LogP contribution in [0.15, 0.2) is 0 Å². The molecule has 0 spiro atoms. The molecular weight excluding hydrogens is 381 g/mol. The van der Waals surface area contributed by atoms with E-state index in [4.69, 9.17) is 5.73 Å². The van der Waals surface area contributed by atoms with Crippen LogP contribution in [0.4, 0.5) is 0 Å². The van der Waals surface area contributed by atoms with Crippen LogP contribution in [0.25, 0.3) is 11.1 Å². The summed E-state index contributed by atoms with van der Waals surface area (Å²) in [6.07, 6.45) is 10.0. The topological polar surface area (TPSA) is 55.0 Å². The summed E-state index contributed by atoms with van der Waals surface area (Å²) in [4.78, 5) is 11.0. The van der Waals surface area contributed by atoms with Gasteiger partial charge in [0, 0.05) is 21.8 Å². The van der Waals surface area contributed by atoms with Crippen LogP contribution in [-0.4, -0.2) is 55.5 Å². The van der Waals surface area contributed by atoms with E-state index in [1.165, 1.54) is 24.6 Å².